The van der Waals surface area contributed by atoms with Crippen molar-refractivity contribution in [1.82, 2.24) is 10.6 Å². The van der Waals surface area contributed by atoms with Crippen molar-refractivity contribution in [3.8, 4) is 0 Å². The van der Waals surface area contributed by atoms with E-state index in [4.69, 9.17) is 0 Å². The average molecular weight is 551 g/mol. The Hall–Kier alpha value is -3.89. The quantitative estimate of drug-likeness (QED) is 0.318. The number of carbonyl (C=O) groups excluding carboxylic acids is 2. The molecule has 0 spiro atoms. The van der Waals surface area contributed by atoms with Gasteiger partial charge in [-0.05, 0) is 61.0 Å². The molecule has 206 valence electrons. The maximum absolute atomic E-state index is 12.8. The number of nitrogens with one attached hydrogen (secondary N) is 2. The second-order valence-electron chi connectivity index (χ2n) is 9.38. The number of nitrogens with zero attached hydrogens (tertiary/aromatic N) is 1. The molecule has 39 heavy (non-hydrogen) atoms. The highest BCUT2D eigenvalue weighted by atomic mass is 19.4. The maximum Gasteiger partial charge on any atom is 0.416 e. The van der Waals surface area contributed by atoms with E-state index in [1.54, 1.807) is 0 Å². The van der Waals surface area contributed by atoms with E-state index in [1.165, 1.54) is 0 Å². The van der Waals surface area contributed by atoms with Crippen molar-refractivity contribution in [2.45, 2.75) is 58.7 Å². The number of alkyl halides is 6. The van der Waals surface area contributed by atoms with Crippen LogP contribution in [0.2, 0.25) is 0 Å². The highest BCUT2D eigenvalue weighted by Gasteiger charge is 2.32. The molecule has 5 nitrogen and oxygen atoms in total. The molecule has 0 radical (unpaired) electrons. The van der Waals surface area contributed by atoms with Gasteiger partial charge in [0.1, 0.15) is 6.54 Å². The second-order valence-corrected chi connectivity index (χ2v) is 9.38. The third-order valence-electron chi connectivity index (χ3n) is 7.02. The van der Waals surface area contributed by atoms with E-state index in [9.17, 15) is 35.9 Å². The largest absolute Gasteiger partial charge is 0.416 e. The van der Waals surface area contributed by atoms with E-state index in [0.29, 0.717) is 0 Å². The summed E-state index contributed by atoms with van der Waals surface area (Å²) >= 11 is 0. The molecular weight excluding hydrogens is 524 g/mol. The highest BCUT2D eigenvalue weighted by Crippen LogP contribution is 2.30. The van der Waals surface area contributed by atoms with E-state index in [-0.39, 0.29) is 24.2 Å². The van der Waals surface area contributed by atoms with Gasteiger partial charge >= 0.3 is 12.4 Å². The van der Waals surface area contributed by atoms with Crippen LogP contribution in [0.15, 0.2) is 48.5 Å². The first-order valence-corrected chi connectivity index (χ1v) is 12.2. The van der Waals surface area contributed by atoms with Gasteiger partial charge < -0.3 is 10.6 Å². The zero-order valence-corrected chi connectivity index (χ0v) is 21.2. The third kappa shape index (κ3) is 6.07. The van der Waals surface area contributed by atoms with Gasteiger partial charge in [-0.1, -0.05) is 0 Å². The molecule has 2 aromatic carbocycles. The lowest BCUT2D eigenvalue weighted by Crippen LogP contribution is -2.41. The fraction of sp³-hybridized carbons (Fsp3) is 0.321. The molecule has 3 aromatic rings. The molecule has 0 aliphatic carbocycles. The van der Waals surface area contributed by atoms with Crippen LogP contribution in [-0.4, -0.2) is 11.8 Å². The Morgan fingerprint density at radius 3 is 1.62 bits per heavy atom. The molecule has 2 heterocycles. The molecule has 0 atom stereocenters. The molecule has 0 unspecified atom stereocenters. The van der Waals surface area contributed by atoms with Crippen molar-refractivity contribution in [1.29, 1.82) is 0 Å². The number of fused-ring (bicyclic) bond motifs is 1. The molecule has 11 heteroatoms. The number of amides is 2. The number of aromatic nitrogens is 1. The molecule has 1 aromatic heterocycles. The van der Waals surface area contributed by atoms with Crippen LogP contribution in [0, 0.1) is 13.8 Å². The standard InChI is InChI=1S/C28H25F6N3O2/c1-16-22(14-35-25(38)18-5-9-20(10-6-18)27(29,30)31)17(2)37-13-3-4-24(37)23(16)15-36-26(39)19-7-11-21(12-8-19)28(32,33)34/h5-12H,3-4,13-15H2,1-2H3,(H-,35,36,38,39)/p+1. The van der Waals surface area contributed by atoms with Crippen LogP contribution < -0.4 is 15.2 Å². The van der Waals surface area contributed by atoms with Gasteiger partial charge in [0, 0.05) is 55.1 Å². The van der Waals surface area contributed by atoms with Gasteiger partial charge in [-0.3, -0.25) is 9.59 Å². The van der Waals surface area contributed by atoms with Crippen LogP contribution in [0.3, 0.4) is 0 Å². The van der Waals surface area contributed by atoms with Crippen molar-refractivity contribution in [2.75, 3.05) is 0 Å². The molecule has 0 saturated heterocycles. The predicted molar refractivity (Wildman–Crippen MR) is 130 cm³/mol. The topological polar surface area (TPSA) is 62.1 Å². The van der Waals surface area contributed by atoms with E-state index in [1.807, 2.05) is 13.8 Å². The van der Waals surface area contributed by atoms with Gasteiger partial charge in [0.2, 0.25) is 0 Å². The Morgan fingerprint density at radius 2 is 1.18 bits per heavy atom. The van der Waals surface area contributed by atoms with Gasteiger partial charge in [-0.25, -0.2) is 0 Å². The van der Waals surface area contributed by atoms with E-state index < -0.39 is 35.3 Å². The van der Waals surface area contributed by atoms with Crippen LogP contribution in [-0.2, 0) is 38.4 Å². The highest BCUT2D eigenvalue weighted by molar-refractivity contribution is 5.94. The van der Waals surface area contributed by atoms with Gasteiger partial charge in [0.15, 0.2) is 11.4 Å². The first kappa shape index (κ1) is 28.1. The lowest BCUT2D eigenvalue weighted by atomic mass is 9.98. The van der Waals surface area contributed by atoms with Gasteiger partial charge in [0.05, 0.1) is 11.1 Å². The number of halogens is 6. The van der Waals surface area contributed by atoms with Crippen molar-refractivity contribution >= 4 is 11.8 Å². The normalized spacial score (nSPS) is 13.2. The fourth-order valence-electron chi connectivity index (χ4n) is 4.85. The van der Waals surface area contributed by atoms with Gasteiger partial charge in [-0.15, -0.1) is 0 Å². The van der Waals surface area contributed by atoms with Crippen LogP contribution in [0.1, 0.15) is 66.3 Å². The summed E-state index contributed by atoms with van der Waals surface area (Å²) in [6.45, 7) is 4.80. The van der Waals surface area contributed by atoms with Crippen molar-refractivity contribution in [2.24, 2.45) is 0 Å². The Kier molecular flexibility index (Phi) is 7.72. The van der Waals surface area contributed by atoms with Gasteiger partial charge in [-0.2, -0.15) is 30.9 Å². The molecule has 0 saturated carbocycles. The zero-order valence-electron chi connectivity index (χ0n) is 21.2. The first-order valence-electron chi connectivity index (χ1n) is 12.2. The molecule has 1 aliphatic rings. The van der Waals surface area contributed by atoms with E-state index >= 15 is 0 Å². The van der Waals surface area contributed by atoms with Crippen molar-refractivity contribution in [3.63, 3.8) is 0 Å². The number of carbonyl (C=O) groups is 2. The minimum Gasteiger partial charge on any atom is -0.348 e. The molecule has 0 bridgehead atoms. The third-order valence-corrected chi connectivity index (χ3v) is 7.02. The Balaban J connectivity index is 1.51. The molecule has 2 amide bonds. The van der Waals surface area contributed by atoms with Gasteiger partial charge in [0.25, 0.3) is 11.8 Å². The molecular formula is C28H26F6N3O2+. The SMILES string of the molecule is Cc1c(CNC(=O)c2ccc(C(F)(F)F)cc2)c(C)[n+]2c(c1CNC(=O)c1ccc(C(F)(F)F)cc1)CCC2. The summed E-state index contributed by atoms with van der Waals surface area (Å²) in [6, 6.07) is 7.93. The number of hydrogen-bond donors (Lipinski definition) is 2. The molecule has 2 N–H and O–H groups in total. The smallest absolute Gasteiger partial charge is 0.348 e. The summed E-state index contributed by atoms with van der Waals surface area (Å²) in [4.78, 5) is 25.3. The number of benzene rings is 2. The number of hydrogen-bond acceptors (Lipinski definition) is 2. The minimum absolute atomic E-state index is 0.0937. The van der Waals surface area contributed by atoms with Crippen LogP contribution in [0.4, 0.5) is 26.3 Å². The summed E-state index contributed by atoms with van der Waals surface area (Å²) in [7, 11) is 0. The summed E-state index contributed by atoms with van der Waals surface area (Å²) in [5.41, 5.74) is 3.01. The number of rotatable bonds is 6. The van der Waals surface area contributed by atoms with E-state index in [2.05, 4.69) is 15.2 Å². The lowest BCUT2D eigenvalue weighted by molar-refractivity contribution is -0.697. The van der Waals surface area contributed by atoms with E-state index in [0.717, 1.165) is 96.0 Å². The second kappa shape index (κ2) is 10.7. The maximum atomic E-state index is 12.8. The Morgan fingerprint density at radius 1 is 0.744 bits per heavy atom. The molecule has 4 rings (SSSR count). The minimum atomic E-state index is -4.50. The summed E-state index contributed by atoms with van der Waals surface area (Å²) < 4.78 is 79.1. The molecule has 0 fully saturated rings. The average Bonchev–Trinajstić information content (AvgIpc) is 3.37. The zero-order chi connectivity index (χ0) is 28.5. The monoisotopic (exact) mass is 550 g/mol. The van der Waals surface area contributed by atoms with Crippen LogP contribution >= 0.6 is 0 Å². The Labute approximate surface area is 220 Å². The molecule has 1 aliphatic heterocycles. The predicted octanol–water partition coefficient (Wildman–Crippen LogP) is 5.43. The summed E-state index contributed by atoms with van der Waals surface area (Å²) in [5.74, 6) is -1.04. The lowest BCUT2D eigenvalue weighted by Gasteiger charge is -2.17. The fourth-order valence-corrected chi connectivity index (χ4v) is 4.85. The summed E-state index contributed by atoms with van der Waals surface area (Å²) in [6.07, 6.45) is -7.32. The number of pyridine rings is 1. The van der Waals surface area contributed by atoms with Crippen LogP contribution in [0.5, 0.6) is 0 Å². The van der Waals surface area contributed by atoms with Crippen molar-refractivity contribution < 1.29 is 40.5 Å². The summed E-state index contributed by atoms with van der Waals surface area (Å²) in [5, 5.41) is 5.55. The Bertz CT molecular complexity index is 1400. The van der Waals surface area contributed by atoms with Crippen LogP contribution in [0.25, 0.3) is 0 Å². The first-order chi connectivity index (χ1) is 18.3. The van der Waals surface area contributed by atoms with Crippen molar-refractivity contribution in [3.05, 3.63) is 98.9 Å².